The van der Waals surface area contributed by atoms with Gasteiger partial charge < -0.3 is 0 Å². The zero-order valence-corrected chi connectivity index (χ0v) is 5.09. The van der Waals surface area contributed by atoms with Crippen LogP contribution >= 0.6 is 11.9 Å². The SMILES string of the molecule is FC(F)(F)C1=NSC[CH]1. The molecule has 51 valence electrons. The van der Waals surface area contributed by atoms with E-state index in [4.69, 9.17) is 0 Å². The van der Waals surface area contributed by atoms with Crippen LogP contribution in [0.3, 0.4) is 0 Å². The van der Waals surface area contributed by atoms with E-state index in [1.807, 2.05) is 0 Å². The molecule has 1 aliphatic rings. The summed E-state index contributed by atoms with van der Waals surface area (Å²) in [6, 6.07) is 0. The van der Waals surface area contributed by atoms with E-state index in [9.17, 15) is 13.2 Å². The highest BCUT2D eigenvalue weighted by atomic mass is 32.2. The van der Waals surface area contributed by atoms with Gasteiger partial charge in [-0.3, -0.25) is 0 Å². The second kappa shape index (κ2) is 2.21. The fraction of sp³-hybridized carbons (Fsp3) is 0.500. The van der Waals surface area contributed by atoms with Gasteiger partial charge in [0.1, 0.15) is 5.71 Å². The largest absolute Gasteiger partial charge is 0.430 e. The van der Waals surface area contributed by atoms with Crippen LogP contribution in [-0.4, -0.2) is 17.6 Å². The molecule has 0 aromatic carbocycles. The highest BCUT2D eigenvalue weighted by molar-refractivity contribution is 7.98. The first-order chi connectivity index (χ1) is 4.11. The Hall–Kier alpha value is -0.190. The third kappa shape index (κ3) is 1.61. The van der Waals surface area contributed by atoms with Crippen molar-refractivity contribution < 1.29 is 13.2 Å². The smallest absolute Gasteiger partial charge is 0.216 e. The highest BCUT2D eigenvalue weighted by Gasteiger charge is 2.37. The Morgan fingerprint density at radius 2 is 2.22 bits per heavy atom. The van der Waals surface area contributed by atoms with Crippen molar-refractivity contribution in [3.05, 3.63) is 6.42 Å². The van der Waals surface area contributed by atoms with Gasteiger partial charge in [0.15, 0.2) is 0 Å². The van der Waals surface area contributed by atoms with Crippen LogP contribution in [0, 0.1) is 6.42 Å². The lowest BCUT2D eigenvalue weighted by atomic mass is 10.3. The van der Waals surface area contributed by atoms with Gasteiger partial charge in [0.05, 0.1) is 0 Å². The van der Waals surface area contributed by atoms with E-state index >= 15 is 0 Å². The number of hydrogen-bond acceptors (Lipinski definition) is 2. The van der Waals surface area contributed by atoms with E-state index in [2.05, 4.69) is 4.40 Å². The van der Waals surface area contributed by atoms with Gasteiger partial charge in [-0.15, -0.1) is 0 Å². The predicted molar refractivity (Wildman–Crippen MR) is 30.2 cm³/mol. The van der Waals surface area contributed by atoms with Gasteiger partial charge in [0.25, 0.3) is 0 Å². The zero-order chi connectivity index (χ0) is 6.91. The van der Waals surface area contributed by atoms with Crippen LogP contribution < -0.4 is 0 Å². The van der Waals surface area contributed by atoms with Crippen molar-refractivity contribution in [1.29, 1.82) is 0 Å². The molecule has 0 bridgehead atoms. The quantitative estimate of drug-likeness (QED) is 0.485. The predicted octanol–water partition coefficient (Wildman–Crippen LogP) is 1.86. The molecular formula is C4H3F3NS. The van der Waals surface area contributed by atoms with Gasteiger partial charge in [-0.1, -0.05) is 0 Å². The maximum Gasteiger partial charge on any atom is 0.430 e. The van der Waals surface area contributed by atoms with Crippen LogP contribution in [-0.2, 0) is 0 Å². The molecule has 0 aliphatic carbocycles. The minimum absolute atomic E-state index is 0.342. The molecule has 0 fully saturated rings. The van der Waals surface area contributed by atoms with Crippen molar-refractivity contribution >= 4 is 17.7 Å². The number of alkyl halides is 3. The van der Waals surface area contributed by atoms with Gasteiger partial charge in [-0.2, -0.15) is 13.2 Å². The molecule has 0 unspecified atom stereocenters. The fourth-order valence-electron chi connectivity index (χ4n) is 0.428. The summed E-state index contributed by atoms with van der Waals surface area (Å²) in [5.41, 5.74) is -0.757. The van der Waals surface area contributed by atoms with E-state index in [-0.39, 0.29) is 0 Å². The van der Waals surface area contributed by atoms with Crippen molar-refractivity contribution in [3.63, 3.8) is 0 Å². The van der Waals surface area contributed by atoms with Crippen molar-refractivity contribution in [2.75, 3.05) is 5.75 Å². The van der Waals surface area contributed by atoms with Crippen molar-refractivity contribution in [2.45, 2.75) is 6.18 Å². The average Bonchev–Trinajstić information content (AvgIpc) is 2.08. The minimum Gasteiger partial charge on any atom is -0.216 e. The standard InChI is InChI=1S/C4H3F3NS/c5-4(6,7)3-1-2-9-8-3/h1H,2H2. The molecule has 1 nitrogen and oxygen atoms in total. The Labute approximate surface area is 54.5 Å². The molecule has 0 atom stereocenters. The van der Waals surface area contributed by atoms with Gasteiger partial charge in [0.2, 0.25) is 0 Å². The second-order valence-electron chi connectivity index (χ2n) is 1.47. The van der Waals surface area contributed by atoms with Crippen LogP contribution in [0.4, 0.5) is 13.2 Å². The second-order valence-corrected chi connectivity index (χ2v) is 2.25. The lowest BCUT2D eigenvalue weighted by Crippen LogP contribution is -2.21. The highest BCUT2D eigenvalue weighted by Crippen LogP contribution is 2.26. The number of halogens is 3. The van der Waals surface area contributed by atoms with E-state index < -0.39 is 11.9 Å². The van der Waals surface area contributed by atoms with Crippen molar-refractivity contribution in [1.82, 2.24) is 0 Å². The third-order valence-electron chi connectivity index (χ3n) is 0.805. The Morgan fingerprint density at radius 1 is 1.56 bits per heavy atom. The maximum absolute atomic E-state index is 11.6. The Morgan fingerprint density at radius 3 is 2.44 bits per heavy atom. The summed E-state index contributed by atoms with van der Waals surface area (Å²) in [4.78, 5) is 0. The summed E-state index contributed by atoms with van der Waals surface area (Å²) in [6.45, 7) is 0. The Bertz CT molecular complexity index is 139. The van der Waals surface area contributed by atoms with Crippen LogP contribution in [0.15, 0.2) is 4.40 Å². The van der Waals surface area contributed by atoms with Gasteiger partial charge in [-0.05, 0) is 11.9 Å². The molecule has 0 saturated carbocycles. The van der Waals surface area contributed by atoms with E-state index in [0.29, 0.717) is 5.75 Å². The van der Waals surface area contributed by atoms with Gasteiger partial charge in [-0.25, -0.2) is 4.40 Å². The third-order valence-corrected chi connectivity index (χ3v) is 1.45. The summed E-state index contributed by atoms with van der Waals surface area (Å²) in [5.74, 6) is 0.342. The zero-order valence-electron chi connectivity index (χ0n) is 4.27. The van der Waals surface area contributed by atoms with E-state index in [1.165, 1.54) is 0 Å². The monoisotopic (exact) mass is 154 g/mol. The van der Waals surface area contributed by atoms with Crippen LogP contribution in [0.5, 0.6) is 0 Å². The Kier molecular flexibility index (Phi) is 1.70. The molecule has 0 spiro atoms. The molecule has 0 aromatic heterocycles. The molecule has 9 heavy (non-hydrogen) atoms. The number of nitrogens with zero attached hydrogens (tertiary/aromatic N) is 1. The first kappa shape index (κ1) is 6.92. The molecule has 1 aliphatic heterocycles. The van der Waals surface area contributed by atoms with E-state index in [1.54, 1.807) is 0 Å². The molecule has 0 amide bonds. The topological polar surface area (TPSA) is 12.4 Å². The van der Waals surface area contributed by atoms with E-state index in [0.717, 1.165) is 18.4 Å². The van der Waals surface area contributed by atoms with Gasteiger partial charge >= 0.3 is 6.18 Å². The molecular weight excluding hydrogens is 151 g/mol. The number of hydrogen-bond donors (Lipinski definition) is 0. The lowest BCUT2D eigenvalue weighted by molar-refractivity contribution is -0.0580. The first-order valence-electron chi connectivity index (χ1n) is 2.21. The average molecular weight is 154 g/mol. The van der Waals surface area contributed by atoms with Crippen molar-refractivity contribution in [3.8, 4) is 0 Å². The molecule has 5 heteroatoms. The molecule has 0 saturated heterocycles. The molecule has 1 heterocycles. The summed E-state index contributed by atoms with van der Waals surface area (Å²) in [5, 5.41) is 0. The van der Waals surface area contributed by atoms with Gasteiger partial charge in [0, 0.05) is 12.2 Å². The van der Waals surface area contributed by atoms with Crippen LogP contribution in [0.1, 0.15) is 0 Å². The molecule has 0 N–H and O–H groups in total. The normalized spacial score (nSPS) is 20.1. The molecule has 1 rings (SSSR count). The van der Waals surface area contributed by atoms with Crippen LogP contribution in [0.2, 0.25) is 0 Å². The summed E-state index contributed by atoms with van der Waals surface area (Å²) < 4.78 is 37.9. The first-order valence-corrected chi connectivity index (χ1v) is 3.15. The van der Waals surface area contributed by atoms with Crippen molar-refractivity contribution in [2.24, 2.45) is 4.40 Å². The Balaban J connectivity index is 2.61. The molecule has 1 radical (unpaired) electrons. The fourth-order valence-corrected chi connectivity index (χ4v) is 1.05. The molecule has 0 aromatic rings. The maximum atomic E-state index is 11.6. The summed E-state index contributed by atoms with van der Waals surface area (Å²) in [7, 11) is 0. The minimum atomic E-state index is -4.25. The van der Waals surface area contributed by atoms with Crippen LogP contribution in [0.25, 0.3) is 0 Å². The summed E-state index contributed by atoms with van der Waals surface area (Å²) in [6.07, 6.45) is -3.17. The number of rotatable bonds is 0. The lowest BCUT2D eigenvalue weighted by Gasteiger charge is -2.01. The summed E-state index contributed by atoms with van der Waals surface area (Å²) >= 11 is 0.921.